The molecular formula is C10H24NO3PS. The number of nitrogens with zero attached hydrogens (tertiary/aromatic N) is 1. The summed E-state index contributed by atoms with van der Waals surface area (Å²) in [6.45, 7) is 5.05. The summed E-state index contributed by atoms with van der Waals surface area (Å²) in [5, 5.41) is 0. The van der Waals surface area contributed by atoms with Gasteiger partial charge in [0.15, 0.2) is 0 Å². The molecule has 0 aromatic rings. The van der Waals surface area contributed by atoms with Gasteiger partial charge in [-0.25, -0.2) is 4.57 Å². The van der Waals surface area contributed by atoms with E-state index in [1.807, 2.05) is 46.7 Å². The largest absolute Gasteiger partial charge is 0.390 e. The Labute approximate surface area is 103 Å². The third kappa shape index (κ3) is 8.59. The Morgan fingerprint density at radius 3 is 2.25 bits per heavy atom. The first kappa shape index (κ1) is 16.5. The predicted molar refractivity (Wildman–Crippen MR) is 70.8 cm³/mol. The van der Waals surface area contributed by atoms with Gasteiger partial charge in [-0.1, -0.05) is 6.92 Å². The van der Waals surface area contributed by atoms with E-state index in [1.165, 1.54) is 11.4 Å². The minimum atomic E-state index is -3.04. The van der Waals surface area contributed by atoms with Gasteiger partial charge in [0.25, 0.3) is 0 Å². The molecule has 98 valence electrons. The van der Waals surface area contributed by atoms with Gasteiger partial charge in [-0.15, -0.1) is 0 Å². The molecule has 0 aliphatic heterocycles. The first-order valence-corrected chi connectivity index (χ1v) is 8.56. The molecule has 4 nitrogen and oxygen atoms in total. The van der Waals surface area contributed by atoms with Gasteiger partial charge in [-0.05, 0) is 52.7 Å². The smallest absolute Gasteiger partial charge is 0.301 e. The van der Waals surface area contributed by atoms with E-state index < -0.39 is 12.4 Å². The van der Waals surface area contributed by atoms with Gasteiger partial charge in [0.2, 0.25) is 0 Å². The molecule has 1 atom stereocenters. The summed E-state index contributed by atoms with van der Waals surface area (Å²) >= 11 is 1.24. The highest BCUT2D eigenvalue weighted by molar-refractivity contribution is 8.55. The third-order valence-electron chi connectivity index (χ3n) is 1.31. The van der Waals surface area contributed by atoms with Crippen LogP contribution in [0.25, 0.3) is 0 Å². The molecule has 0 radical (unpaired) electrons. The van der Waals surface area contributed by atoms with E-state index in [0.29, 0.717) is 12.5 Å². The first-order chi connectivity index (χ1) is 7.18. The van der Waals surface area contributed by atoms with Gasteiger partial charge in [0.05, 0.1) is 18.1 Å². The monoisotopic (exact) mass is 269 g/mol. The van der Waals surface area contributed by atoms with Gasteiger partial charge in [0, 0.05) is 0 Å². The number of hydrogen-bond acceptors (Lipinski definition) is 5. The summed E-state index contributed by atoms with van der Waals surface area (Å²) in [4.78, 5) is 1.94. The molecule has 0 N–H and O–H groups in total. The Hall–Kier alpha value is 0.460. The molecule has 0 aliphatic rings. The van der Waals surface area contributed by atoms with Gasteiger partial charge < -0.3 is 4.52 Å². The van der Waals surface area contributed by atoms with Gasteiger partial charge in [-0.2, -0.15) is 0 Å². The van der Waals surface area contributed by atoms with E-state index in [-0.39, 0.29) is 0 Å². The molecule has 0 fully saturated rings. The average Bonchev–Trinajstić information content (AvgIpc) is 2.09. The zero-order chi connectivity index (χ0) is 12.8. The van der Waals surface area contributed by atoms with E-state index in [9.17, 15) is 4.57 Å². The molecule has 0 spiro atoms. The summed E-state index contributed by atoms with van der Waals surface area (Å²) in [5.74, 6) is 0.622. The van der Waals surface area contributed by atoms with Crippen molar-refractivity contribution in [3.05, 3.63) is 0 Å². The summed E-state index contributed by atoms with van der Waals surface area (Å²) in [7, 11) is 3.85. The van der Waals surface area contributed by atoms with Crippen LogP contribution in [0, 0.1) is 0 Å². The quantitative estimate of drug-likeness (QED) is 0.521. The van der Waals surface area contributed by atoms with Gasteiger partial charge in [0.1, 0.15) is 0 Å². The van der Waals surface area contributed by atoms with Crippen LogP contribution in [0.3, 0.4) is 0 Å². The molecule has 1 unspecified atom stereocenters. The van der Waals surface area contributed by atoms with E-state index in [0.717, 1.165) is 6.42 Å². The fourth-order valence-electron chi connectivity index (χ4n) is 0.815. The minimum absolute atomic E-state index is 0.456. The van der Waals surface area contributed by atoms with Crippen molar-refractivity contribution < 1.29 is 13.6 Å². The van der Waals surface area contributed by atoms with Crippen molar-refractivity contribution >= 4 is 18.2 Å². The van der Waals surface area contributed by atoms with E-state index >= 15 is 0 Å². The summed E-state index contributed by atoms with van der Waals surface area (Å²) in [6.07, 6.45) is 0.833. The number of hydrogen-bond donors (Lipinski definition) is 0. The summed E-state index contributed by atoms with van der Waals surface area (Å²) < 4.78 is 23.3. The van der Waals surface area contributed by atoms with Crippen molar-refractivity contribution in [1.29, 1.82) is 0 Å². The molecule has 6 heteroatoms. The highest BCUT2D eigenvalue weighted by atomic mass is 32.7. The van der Waals surface area contributed by atoms with Crippen molar-refractivity contribution in [3.63, 3.8) is 0 Å². The van der Waals surface area contributed by atoms with E-state index in [4.69, 9.17) is 9.05 Å². The zero-order valence-electron chi connectivity index (χ0n) is 11.1. The SMILES string of the molecule is CCCOP(=O)(OC(C)(C)C)SCN(C)C. The maximum absolute atomic E-state index is 12.4. The van der Waals surface area contributed by atoms with Crippen LogP contribution in [0.4, 0.5) is 0 Å². The van der Waals surface area contributed by atoms with E-state index in [1.54, 1.807) is 0 Å². The second-order valence-corrected chi connectivity index (χ2v) is 8.79. The molecule has 0 rings (SSSR count). The van der Waals surface area contributed by atoms with Crippen LogP contribution >= 0.6 is 18.2 Å². The van der Waals surface area contributed by atoms with Crippen molar-refractivity contribution in [1.82, 2.24) is 4.90 Å². The summed E-state index contributed by atoms with van der Waals surface area (Å²) in [6, 6.07) is 0. The van der Waals surface area contributed by atoms with Gasteiger partial charge >= 0.3 is 6.80 Å². The standard InChI is InChI=1S/C10H24NO3PS/c1-7-8-13-15(12,14-10(2,3)4)16-9-11(5)6/h7-9H2,1-6H3. The van der Waals surface area contributed by atoms with Crippen LogP contribution in [0.15, 0.2) is 0 Å². The number of rotatable bonds is 7. The predicted octanol–water partition coefficient (Wildman–Crippen LogP) is 3.59. The zero-order valence-corrected chi connectivity index (χ0v) is 12.9. The molecule has 0 bridgehead atoms. The molecular weight excluding hydrogens is 245 g/mol. The molecule has 0 aromatic carbocycles. The lowest BCUT2D eigenvalue weighted by Gasteiger charge is -2.26. The van der Waals surface area contributed by atoms with Crippen LogP contribution < -0.4 is 0 Å². The Morgan fingerprint density at radius 1 is 1.31 bits per heavy atom. The van der Waals surface area contributed by atoms with Crippen LogP contribution in [0.1, 0.15) is 34.1 Å². The normalized spacial score (nSPS) is 16.4. The van der Waals surface area contributed by atoms with Crippen molar-refractivity contribution in [2.24, 2.45) is 0 Å². The average molecular weight is 269 g/mol. The lowest BCUT2D eigenvalue weighted by Crippen LogP contribution is -2.18. The van der Waals surface area contributed by atoms with Crippen LogP contribution in [0.5, 0.6) is 0 Å². The summed E-state index contributed by atoms with van der Waals surface area (Å²) in [5.41, 5.74) is -0.456. The van der Waals surface area contributed by atoms with Crippen LogP contribution in [-0.4, -0.2) is 37.1 Å². The molecule has 0 amide bonds. The molecule has 0 heterocycles. The Bertz CT molecular complexity index is 241. The first-order valence-electron chi connectivity index (χ1n) is 5.43. The minimum Gasteiger partial charge on any atom is -0.301 e. The maximum atomic E-state index is 12.4. The second-order valence-electron chi connectivity index (χ2n) is 4.82. The second kappa shape index (κ2) is 7.02. The lowest BCUT2D eigenvalue weighted by molar-refractivity contribution is 0.104. The fraction of sp³-hybridized carbons (Fsp3) is 1.00. The van der Waals surface area contributed by atoms with Gasteiger partial charge in [-0.3, -0.25) is 9.42 Å². The third-order valence-corrected chi connectivity index (χ3v) is 5.37. The molecule has 0 aliphatic carbocycles. The lowest BCUT2D eigenvalue weighted by atomic mass is 10.2. The van der Waals surface area contributed by atoms with E-state index in [2.05, 4.69) is 0 Å². The molecule has 0 aromatic heterocycles. The van der Waals surface area contributed by atoms with Crippen molar-refractivity contribution in [2.45, 2.75) is 39.7 Å². The Morgan fingerprint density at radius 2 is 1.88 bits per heavy atom. The highest BCUT2D eigenvalue weighted by Crippen LogP contribution is 2.62. The van der Waals surface area contributed by atoms with Crippen molar-refractivity contribution in [2.75, 3.05) is 26.6 Å². The molecule has 0 saturated carbocycles. The Balaban J connectivity index is 4.42. The highest BCUT2D eigenvalue weighted by Gasteiger charge is 2.31. The molecule has 16 heavy (non-hydrogen) atoms. The molecule has 0 saturated heterocycles. The van der Waals surface area contributed by atoms with Crippen LogP contribution in [0.2, 0.25) is 0 Å². The Kier molecular flexibility index (Phi) is 7.22. The topological polar surface area (TPSA) is 38.8 Å². The van der Waals surface area contributed by atoms with Crippen molar-refractivity contribution in [3.8, 4) is 0 Å². The van der Waals surface area contributed by atoms with Crippen LogP contribution in [-0.2, 0) is 13.6 Å². The fourth-order valence-corrected chi connectivity index (χ4v) is 4.84. The maximum Gasteiger partial charge on any atom is 0.390 e.